The Labute approximate surface area is 118 Å². The van der Waals surface area contributed by atoms with Crippen molar-refractivity contribution in [3.8, 4) is 0 Å². The van der Waals surface area contributed by atoms with Gasteiger partial charge in [-0.05, 0) is 29.6 Å². The van der Waals surface area contributed by atoms with Crippen LogP contribution in [-0.2, 0) is 15.6 Å². The molecule has 0 aliphatic rings. The van der Waals surface area contributed by atoms with Crippen molar-refractivity contribution in [2.45, 2.75) is 10.1 Å². The van der Waals surface area contributed by atoms with Crippen LogP contribution in [0, 0.1) is 0 Å². The van der Waals surface area contributed by atoms with Gasteiger partial charge in [-0.25, -0.2) is 13.4 Å². The predicted molar refractivity (Wildman–Crippen MR) is 79.2 cm³/mol. The van der Waals surface area contributed by atoms with Crippen molar-refractivity contribution in [2.24, 2.45) is 0 Å². The third-order valence-corrected chi connectivity index (χ3v) is 6.77. The average molecular weight is 310 g/mol. The van der Waals surface area contributed by atoms with Crippen molar-refractivity contribution in [3.63, 3.8) is 0 Å². The number of benzene rings is 1. The summed E-state index contributed by atoms with van der Waals surface area (Å²) < 4.78 is 25.5. The maximum Gasteiger partial charge on any atom is 0.210 e. The van der Waals surface area contributed by atoms with Gasteiger partial charge in [0.2, 0.25) is 14.2 Å². The first-order chi connectivity index (χ1) is 9.04. The molecule has 0 saturated carbocycles. The molecule has 0 fully saturated rings. The number of nitrogens with zero attached hydrogens (tertiary/aromatic N) is 1. The highest BCUT2D eigenvalue weighted by molar-refractivity contribution is 7.92. The first-order valence-electron chi connectivity index (χ1n) is 5.46. The number of nitrogens with two attached hydrogens (primary N) is 1. The lowest BCUT2D eigenvalue weighted by Crippen LogP contribution is -2.02. The van der Waals surface area contributed by atoms with Crippen LogP contribution in [0.4, 0.5) is 5.69 Å². The molecule has 0 spiro atoms. The molecular formula is C12H10N2O2S3. The summed E-state index contributed by atoms with van der Waals surface area (Å²) in [6.07, 6.45) is 0. The lowest BCUT2D eigenvalue weighted by molar-refractivity contribution is 0.595. The molecular weight excluding hydrogens is 300 g/mol. The highest BCUT2D eigenvalue weighted by Crippen LogP contribution is 2.29. The fraction of sp³-hybridized carbons (Fsp3) is 0.0833. The number of nitrogen functional groups attached to an aromatic ring is 1. The second-order valence-electron chi connectivity index (χ2n) is 4.05. The zero-order valence-electron chi connectivity index (χ0n) is 9.74. The minimum atomic E-state index is -3.38. The van der Waals surface area contributed by atoms with Crippen molar-refractivity contribution in [1.29, 1.82) is 0 Å². The Morgan fingerprint density at radius 1 is 1.26 bits per heavy atom. The highest BCUT2D eigenvalue weighted by Gasteiger charge is 2.20. The molecule has 0 unspecified atom stereocenters. The summed E-state index contributed by atoms with van der Waals surface area (Å²) in [5.41, 5.74) is 6.96. The van der Waals surface area contributed by atoms with Gasteiger partial charge in [-0.15, -0.1) is 22.7 Å². The summed E-state index contributed by atoms with van der Waals surface area (Å²) in [6, 6.07) is 8.86. The van der Waals surface area contributed by atoms with Gasteiger partial charge < -0.3 is 5.73 Å². The van der Waals surface area contributed by atoms with Gasteiger partial charge in [-0.1, -0.05) is 6.07 Å². The van der Waals surface area contributed by atoms with Crippen LogP contribution in [0.5, 0.6) is 0 Å². The number of aromatic nitrogens is 1. The Morgan fingerprint density at radius 2 is 2.11 bits per heavy atom. The van der Waals surface area contributed by atoms with Crippen LogP contribution in [-0.4, -0.2) is 13.4 Å². The summed E-state index contributed by atoms with van der Waals surface area (Å²) in [6.45, 7) is 0. The summed E-state index contributed by atoms with van der Waals surface area (Å²) in [7, 11) is -3.38. The molecule has 19 heavy (non-hydrogen) atoms. The molecule has 2 heterocycles. The van der Waals surface area contributed by atoms with E-state index in [1.807, 2.05) is 17.5 Å². The molecule has 0 atom stereocenters. The van der Waals surface area contributed by atoms with Gasteiger partial charge in [0.05, 0.1) is 16.0 Å². The van der Waals surface area contributed by atoms with Crippen molar-refractivity contribution < 1.29 is 8.42 Å². The van der Waals surface area contributed by atoms with E-state index in [-0.39, 0.29) is 10.1 Å². The van der Waals surface area contributed by atoms with Crippen LogP contribution < -0.4 is 5.73 Å². The molecule has 3 rings (SSSR count). The van der Waals surface area contributed by atoms with E-state index >= 15 is 0 Å². The maximum absolute atomic E-state index is 12.3. The fourth-order valence-electron chi connectivity index (χ4n) is 1.70. The standard InChI is InChI=1S/C12H10N2O2S3/c13-8-3-4-10-11(6-8)18-12(14-10)19(15,16)7-9-2-1-5-17-9/h1-6H,7,13H2. The second kappa shape index (κ2) is 4.59. The van der Waals surface area contributed by atoms with E-state index in [4.69, 9.17) is 5.73 Å². The molecule has 2 N–H and O–H groups in total. The Bertz CT molecular complexity index is 820. The lowest BCUT2D eigenvalue weighted by Gasteiger charge is -1.96. The number of fused-ring (bicyclic) bond motifs is 1. The van der Waals surface area contributed by atoms with Crippen molar-refractivity contribution >= 4 is 48.4 Å². The number of thiazole rings is 1. The monoisotopic (exact) mass is 310 g/mol. The van der Waals surface area contributed by atoms with Crippen LogP contribution in [0.25, 0.3) is 10.2 Å². The van der Waals surface area contributed by atoms with Gasteiger partial charge in [-0.2, -0.15) is 0 Å². The third kappa shape index (κ3) is 2.49. The molecule has 7 heteroatoms. The first kappa shape index (κ1) is 12.6. The maximum atomic E-state index is 12.3. The largest absolute Gasteiger partial charge is 0.399 e. The van der Waals surface area contributed by atoms with Crippen LogP contribution >= 0.6 is 22.7 Å². The van der Waals surface area contributed by atoms with Crippen molar-refractivity contribution in [2.75, 3.05) is 5.73 Å². The Balaban J connectivity index is 2.03. The van der Waals surface area contributed by atoms with Crippen LogP contribution in [0.1, 0.15) is 4.88 Å². The molecule has 98 valence electrons. The first-order valence-corrected chi connectivity index (χ1v) is 8.81. The molecule has 0 aliphatic heterocycles. The summed E-state index contributed by atoms with van der Waals surface area (Å²) in [5.74, 6) is -0.0000291. The Hall–Kier alpha value is -1.44. The van der Waals surface area contributed by atoms with E-state index in [0.29, 0.717) is 11.2 Å². The number of sulfone groups is 1. The number of thiophene rings is 1. The van der Waals surface area contributed by atoms with Crippen molar-refractivity contribution in [1.82, 2.24) is 4.98 Å². The van der Waals surface area contributed by atoms with Crippen LogP contribution in [0.15, 0.2) is 40.1 Å². The van der Waals surface area contributed by atoms with Crippen LogP contribution in [0.2, 0.25) is 0 Å². The van der Waals surface area contributed by atoms with Gasteiger partial charge in [0.25, 0.3) is 0 Å². The molecule has 0 amide bonds. The predicted octanol–water partition coefficient (Wildman–Crippen LogP) is 2.91. The molecule has 0 radical (unpaired) electrons. The van der Waals surface area contributed by atoms with Gasteiger partial charge in [0, 0.05) is 10.6 Å². The zero-order chi connectivity index (χ0) is 13.5. The molecule has 0 bridgehead atoms. The quantitative estimate of drug-likeness (QED) is 0.755. The van der Waals surface area contributed by atoms with E-state index < -0.39 is 9.84 Å². The molecule has 1 aromatic carbocycles. The van der Waals surface area contributed by atoms with E-state index in [2.05, 4.69) is 4.98 Å². The summed E-state index contributed by atoms with van der Waals surface area (Å²) in [4.78, 5) is 5.00. The van der Waals surface area contributed by atoms with Gasteiger partial charge in [-0.3, -0.25) is 0 Å². The van der Waals surface area contributed by atoms with Crippen LogP contribution in [0.3, 0.4) is 0 Å². The molecule has 0 saturated heterocycles. The Kier molecular flexibility index (Phi) is 3.04. The number of rotatable bonds is 3. The molecule has 0 aliphatic carbocycles. The second-order valence-corrected chi connectivity index (χ2v) is 8.27. The van der Waals surface area contributed by atoms with E-state index in [9.17, 15) is 8.42 Å². The van der Waals surface area contributed by atoms with E-state index in [1.54, 1.807) is 18.2 Å². The van der Waals surface area contributed by atoms with E-state index in [1.165, 1.54) is 22.7 Å². The average Bonchev–Trinajstić information content (AvgIpc) is 2.96. The lowest BCUT2D eigenvalue weighted by atomic mass is 10.3. The van der Waals surface area contributed by atoms with Gasteiger partial charge in [0.1, 0.15) is 0 Å². The smallest absolute Gasteiger partial charge is 0.210 e. The number of anilines is 1. The minimum absolute atomic E-state index is 0.0000291. The molecule has 3 aromatic rings. The third-order valence-electron chi connectivity index (χ3n) is 2.57. The topological polar surface area (TPSA) is 73.0 Å². The number of hydrogen-bond acceptors (Lipinski definition) is 6. The van der Waals surface area contributed by atoms with Gasteiger partial charge >= 0.3 is 0 Å². The summed E-state index contributed by atoms with van der Waals surface area (Å²) in [5, 5.41) is 1.86. The zero-order valence-corrected chi connectivity index (χ0v) is 12.2. The Morgan fingerprint density at radius 3 is 2.84 bits per heavy atom. The summed E-state index contributed by atoms with van der Waals surface area (Å²) >= 11 is 2.60. The normalized spacial score (nSPS) is 12.0. The SMILES string of the molecule is Nc1ccc2nc(S(=O)(=O)Cc3cccs3)sc2c1. The molecule has 2 aromatic heterocycles. The van der Waals surface area contributed by atoms with Gasteiger partial charge in [0.15, 0.2) is 0 Å². The highest BCUT2D eigenvalue weighted by atomic mass is 32.2. The molecule has 4 nitrogen and oxygen atoms in total. The number of hydrogen-bond donors (Lipinski definition) is 1. The van der Waals surface area contributed by atoms with Crippen molar-refractivity contribution in [3.05, 3.63) is 40.6 Å². The minimum Gasteiger partial charge on any atom is -0.399 e. The van der Waals surface area contributed by atoms with E-state index in [0.717, 1.165) is 9.58 Å². The fourth-order valence-corrected chi connectivity index (χ4v) is 5.45.